The minimum atomic E-state index is 0.181. The molecule has 1 amide bonds. The molecule has 1 aliphatic heterocycles. The zero-order valence-electron chi connectivity index (χ0n) is 11.4. The van der Waals surface area contributed by atoms with Crippen molar-refractivity contribution in [1.29, 1.82) is 0 Å². The number of aryl methyl sites for hydroxylation is 2. The predicted octanol–water partition coefficient (Wildman–Crippen LogP) is 0.998. The minimum Gasteiger partial charge on any atom is -0.361 e. The van der Waals surface area contributed by atoms with Crippen molar-refractivity contribution in [2.75, 3.05) is 32.7 Å². The van der Waals surface area contributed by atoms with Gasteiger partial charge in [0.15, 0.2) is 0 Å². The molecular weight excluding hydrogens is 230 g/mol. The van der Waals surface area contributed by atoms with Crippen LogP contribution >= 0.6 is 0 Å². The van der Waals surface area contributed by atoms with E-state index in [1.54, 1.807) is 0 Å². The third-order valence-electron chi connectivity index (χ3n) is 3.68. The third-order valence-corrected chi connectivity index (χ3v) is 3.68. The molecule has 1 aromatic heterocycles. The summed E-state index contributed by atoms with van der Waals surface area (Å²) in [6.07, 6.45) is 0.410. The standard InChI is InChI=1S/C13H21N3O2/c1-4-15-5-7-16(8-6-15)13(17)9-12-10(2)14-18-11(12)3/h4-9H2,1-3H3. The molecule has 0 aromatic carbocycles. The highest BCUT2D eigenvalue weighted by Crippen LogP contribution is 2.14. The Morgan fingerprint density at radius 2 is 1.94 bits per heavy atom. The van der Waals surface area contributed by atoms with E-state index in [9.17, 15) is 4.79 Å². The lowest BCUT2D eigenvalue weighted by Gasteiger charge is -2.34. The fourth-order valence-corrected chi connectivity index (χ4v) is 2.33. The SMILES string of the molecule is CCN1CCN(C(=O)Cc2c(C)noc2C)CC1. The summed E-state index contributed by atoms with van der Waals surface area (Å²) in [5.74, 6) is 0.938. The number of hydrogen-bond acceptors (Lipinski definition) is 4. The molecule has 0 unspecified atom stereocenters. The van der Waals surface area contributed by atoms with Gasteiger partial charge in [-0.15, -0.1) is 0 Å². The first-order chi connectivity index (χ1) is 8.61. The van der Waals surface area contributed by atoms with Crippen LogP contribution in [0.15, 0.2) is 4.52 Å². The predicted molar refractivity (Wildman–Crippen MR) is 68.4 cm³/mol. The van der Waals surface area contributed by atoms with E-state index < -0.39 is 0 Å². The second-order valence-electron chi connectivity index (χ2n) is 4.79. The van der Waals surface area contributed by atoms with Crippen LogP contribution in [0.5, 0.6) is 0 Å². The maximum Gasteiger partial charge on any atom is 0.227 e. The molecule has 0 bridgehead atoms. The molecule has 0 atom stereocenters. The molecule has 1 saturated heterocycles. The topological polar surface area (TPSA) is 49.6 Å². The molecule has 0 radical (unpaired) electrons. The molecule has 100 valence electrons. The molecule has 1 fully saturated rings. The number of carbonyl (C=O) groups excluding carboxylic acids is 1. The fraction of sp³-hybridized carbons (Fsp3) is 0.692. The summed E-state index contributed by atoms with van der Waals surface area (Å²) in [4.78, 5) is 16.5. The van der Waals surface area contributed by atoms with Gasteiger partial charge in [-0.3, -0.25) is 4.79 Å². The average Bonchev–Trinajstić information content (AvgIpc) is 2.70. The summed E-state index contributed by atoms with van der Waals surface area (Å²) in [6, 6.07) is 0. The number of nitrogens with zero attached hydrogens (tertiary/aromatic N) is 3. The van der Waals surface area contributed by atoms with Crippen LogP contribution in [0.3, 0.4) is 0 Å². The zero-order chi connectivity index (χ0) is 13.1. The van der Waals surface area contributed by atoms with Gasteiger partial charge in [0.1, 0.15) is 5.76 Å². The van der Waals surface area contributed by atoms with Crippen molar-refractivity contribution in [3.63, 3.8) is 0 Å². The number of hydrogen-bond donors (Lipinski definition) is 0. The molecule has 5 nitrogen and oxygen atoms in total. The molecule has 5 heteroatoms. The monoisotopic (exact) mass is 251 g/mol. The summed E-state index contributed by atoms with van der Waals surface area (Å²) in [5.41, 5.74) is 1.77. The summed E-state index contributed by atoms with van der Waals surface area (Å²) in [6.45, 7) is 10.6. The van der Waals surface area contributed by atoms with Crippen LogP contribution in [-0.4, -0.2) is 53.6 Å². The fourth-order valence-electron chi connectivity index (χ4n) is 2.33. The Bertz CT molecular complexity index is 400. The first-order valence-corrected chi connectivity index (χ1v) is 6.53. The maximum atomic E-state index is 12.2. The second kappa shape index (κ2) is 5.52. The molecule has 1 aromatic rings. The van der Waals surface area contributed by atoms with Crippen molar-refractivity contribution in [3.05, 3.63) is 17.0 Å². The molecule has 2 heterocycles. The van der Waals surface area contributed by atoms with Gasteiger partial charge in [0.2, 0.25) is 5.91 Å². The first kappa shape index (κ1) is 13.1. The molecule has 2 rings (SSSR count). The van der Waals surface area contributed by atoms with E-state index in [-0.39, 0.29) is 5.91 Å². The van der Waals surface area contributed by atoms with Gasteiger partial charge in [0.05, 0.1) is 12.1 Å². The number of aromatic nitrogens is 1. The second-order valence-corrected chi connectivity index (χ2v) is 4.79. The lowest BCUT2D eigenvalue weighted by Crippen LogP contribution is -2.48. The normalized spacial score (nSPS) is 17.2. The Hall–Kier alpha value is -1.36. The van der Waals surface area contributed by atoms with Gasteiger partial charge in [-0.25, -0.2) is 0 Å². The Labute approximate surface area is 108 Å². The summed E-state index contributed by atoms with van der Waals surface area (Å²) in [5, 5.41) is 3.89. The largest absolute Gasteiger partial charge is 0.361 e. The Kier molecular flexibility index (Phi) is 4.01. The zero-order valence-corrected chi connectivity index (χ0v) is 11.4. The molecule has 0 aliphatic carbocycles. The maximum absolute atomic E-state index is 12.2. The van der Waals surface area contributed by atoms with E-state index in [2.05, 4.69) is 17.0 Å². The highest BCUT2D eigenvalue weighted by Gasteiger charge is 2.22. The van der Waals surface area contributed by atoms with Crippen molar-refractivity contribution < 1.29 is 9.32 Å². The summed E-state index contributed by atoms with van der Waals surface area (Å²) in [7, 11) is 0. The van der Waals surface area contributed by atoms with Crippen molar-refractivity contribution in [3.8, 4) is 0 Å². The van der Waals surface area contributed by atoms with E-state index in [1.165, 1.54) is 0 Å². The first-order valence-electron chi connectivity index (χ1n) is 6.53. The summed E-state index contributed by atoms with van der Waals surface area (Å²) >= 11 is 0. The van der Waals surface area contributed by atoms with E-state index in [0.717, 1.165) is 49.7 Å². The Balaban J connectivity index is 1.93. The van der Waals surface area contributed by atoms with Gasteiger partial charge in [-0.1, -0.05) is 12.1 Å². The molecule has 0 saturated carbocycles. The highest BCUT2D eigenvalue weighted by atomic mass is 16.5. The van der Waals surface area contributed by atoms with Crippen molar-refractivity contribution in [1.82, 2.24) is 15.0 Å². The number of rotatable bonds is 3. The smallest absolute Gasteiger partial charge is 0.227 e. The molecule has 0 N–H and O–H groups in total. The van der Waals surface area contributed by atoms with Crippen LogP contribution in [0, 0.1) is 13.8 Å². The lowest BCUT2D eigenvalue weighted by atomic mass is 10.1. The van der Waals surface area contributed by atoms with Gasteiger partial charge >= 0.3 is 0 Å². The van der Waals surface area contributed by atoms with Gasteiger partial charge in [0, 0.05) is 31.7 Å². The molecular formula is C13H21N3O2. The third kappa shape index (κ3) is 2.72. The highest BCUT2D eigenvalue weighted by molar-refractivity contribution is 5.79. The number of piperazine rings is 1. The van der Waals surface area contributed by atoms with Crippen LogP contribution in [0.2, 0.25) is 0 Å². The van der Waals surface area contributed by atoms with E-state index in [1.807, 2.05) is 18.7 Å². The molecule has 18 heavy (non-hydrogen) atoms. The lowest BCUT2D eigenvalue weighted by molar-refractivity contribution is -0.132. The van der Waals surface area contributed by atoms with Crippen LogP contribution in [-0.2, 0) is 11.2 Å². The van der Waals surface area contributed by atoms with E-state index in [0.29, 0.717) is 6.42 Å². The number of likely N-dealkylation sites (N-methyl/N-ethyl adjacent to an activating group) is 1. The Morgan fingerprint density at radius 3 is 2.44 bits per heavy atom. The van der Waals surface area contributed by atoms with Gasteiger partial charge in [0.25, 0.3) is 0 Å². The van der Waals surface area contributed by atoms with Gasteiger partial charge in [-0.05, 0) is 20.4 Å². The Morgan fingerprint density at radius 1 is 1.28 bits per heavy atom. The van der Waals surface area contributed by atoms with Gasteiger partial charge in [-0.2, -0.15) is 0 Å². The van der Waals surface area contributed by atoms with Crippen LogP contribution in [0.25, 0.3) is 0 Å². The average molecular weight is 251 g/mol. The number of amides is 1. The number of carbonyl (C=O) groups is 1. The van der Waals surface area contributed by atoms with Crippen LogP contribution in [0.4, 0.5) is 0 Å². The van der Waals surface area contributed by atoms with Crippen molar-refractivity contribution in [2.24, 2.45) is 0 Å². The van der Waals surface area contributed by atoms with Crippen LogP contribution < -0.4 is 0 Å². The van der Waals surface area contributed by atoms with Crippen molar-refractivity contribution in [2.45, 2.75) is 27.2 Å². The molecule has 1 aliphatic rings. The summed E-state index contributed by atoms with van der Waals surface area (Å²) < 4.78 is 5.09. The molecule has 0 spiro atoms. The minimum absolute atomic E-state index is 0.181. The van der Waals surface area contributed by atoms with E-state index >= 15 is 0 Å². The van der Waals surface area contributed by atoms with E-state index in [4.69, 9.17) is 4.52 Å². The van der Waals surface area contributed by atoms with Crippen molar-refractivity contribution >= 4 is 5.91 Å². The quantitative estimate of drug-likeness (QED) is 0.804. The van der Waals surface area contributed by atoms with Crippen LogP contribution in [0.1, 0.15) is 23.9 Å². The van der Waals surface area contributed by atoms with Gasteiger partial charge < -0.3 is 14.3 Å².